The number of alkyl halides is 2. The lowest BCUT2D eigenvalue weighted by Crippen LogP contribution is -2.49. The molecule has 0 fully saturated rings. The van der Waals surface area contributed by atoms with E-state index in [-0.39, 0.29) is 17.3 Å². The van der Waals surface area contributed by atoms with Crippen LogP contribution in [0.1, 0.15) is 22.8 Å². The fraction of sp³-hybridized carbons (Fsp3) is 0.417. The maximum atomic E-state index is 13.7. The maximum absolute atomic E-state index is 13.7. The number of hydrogen-bond donors (Lipinski definition) is 1. The van der Waals surface area contributed by atoms with Crippen molar-refractivity contribution in [1.29, 1.82) is 0 Å². The molecule has 1 aromatic carbocycles. The molecule has 1 amide bonds. The first kappa shape index (κ1) is 15.2. The Hall–Kier alpha value is -0.870. The molecule has 2 nitrogen and oxygen atoms in total. The van der Waals surface area contributed by atoms with Crippen LogP contribution in [-0.4, -0.2) is 23.2 Å². The van der Waals surface area contributed by atoms with Crippen molar-refractivity contribution in [2.45, 2.75) is 19.4 Å². The SMILES string of the molecule is Cc1ccc(F)c(C(=O)NC(C)(CCl)CCl)c1F. The van der Waals surface area contributed by atoms with E-state index in [0.29, 0.717) is 0 Å². The summed E-state index contributed by atoms with van der Waals surface area (Å²) in [6.07, 6.45) is 0. The van der Waals surface area contributed by atoms with Gasteiger partial charge in [-0.2, -0.15) is 0 Å². The molecule has 0 atom stereocenters. The largest absolute Gasteiger partial charge is 0.344 e. The Morgan fingerprint density at radius 1 is 1.33 bits per heavy atom. The van der Waals surface area contributed by atoms with Crippen LogP contribution in [0.2, 0.25) is 0 Å². The summed E-state index contributed by atoms with van der Waals surface area (Å²) in [5, 5.41) is 2.44. The molecule has 0 radical (unpaired) electrons. The van der Waals surface area contributed by atoms with E-state index in [2.05, 4.69) is 5.32 Å². The zero-order valence-corrected chi connectivity index (χ0v) is 11.5. The summed E-state index contributed by atoms with van der Waals surface area (Å²) >= 11 is 11.3. The van der Waals surface area contributed by atoms with Crippen molar-refractivity contribution in [3.8, 4) is 0 Å². The number of nitrogens with one attached hydrogen (secondary N) is 1. The number of hydrogen-bond acceptors (Lipinski definition) is 1. The van der Waals surface area contributed by atoms with Gasteiger partial charge in [-0.25, -0.2) is 8.78 Å². The molecule has 0 saturated carbocycles. The first-order valence-corrected chi connectivity index (χ1v) is 6.30. The number of halogens is 4. The Kier molecular flexibility index (Phi) is 4.93. The van der Waals surface area contributed by atoms with Gasteiger partial charge in [0.2, 0.25) is 0 Å². The summed E-state index contributed by atoms with van der Waals surface area (Å²) in [5.41, 5.74) is -1.33. The molecule has 18 heavy (non-hydrogen) atoms. The monoisotopic (exact) mass is 295 g/mol. The molecule has 0 aromatic heterocycles. The van der Waals surface area contributed by atoms with Crippen molar-refractivity contribution >= 4 is 29.1 Å². The Morgan fingerprint density at radius 2 is 1.89 bits per heavy atom. The third-order valence-electron chi connectivity index (χ3n) is 2.52. The number of amides is 1. The number of benzene rings is 1. The molecular formula is C12H13Cl2F2NO. The van der Waals surface area contributed by atoms with Crippen LogP contribution < -0.4 is 5.32 Å². The Labute approximate surface area is 114 Å². The van der Waals surface area contributed by atoms with Gasteiger partial charge in [0.15, 0.2) is 0 Å². The van der Waals surface area contributed by atoms with Crippen molar-refractivity contribution in [2.75, 3.05) is 11.8 Å². The average molecular weight is 296 g/mol. The lowest BCUT2D eigenvalue weighted by Gasteiger charge is -2.26. The van der Waals surface area contributed by atoms with Gasteiger partial charge in [-0.1, -0.05) is 6.07 Å². The van der Waals surface area contributed by atoms with Crippen molar-refractivity contribution < 1.29 is 13.6 Å². The van der Waals surface area contributed by atoms with Gasteiger partial charge >= 0.3 is 0 Å². The first-order chi connectivity index (χ1) is 8.34. The molecule has 0 aliphatic heterocycles. The summed E-state index contributed by atoms with van der Waals surface area (Å²) in [6.45, 7) is 3.05. The molecule has 0 bridgehead atoms. The molecule has 6 heteroatoms. The lowest BCUT2D eigenvalue weighted by molar-refractivity contribution is 0.0912. The number of rotatable bonds is 4. The van der Waals surface area contributed by atoms with Gasteiger partial charge in [-0.15, -0.1) is 23.2 Å². The second-order valence-corrected chi connectivity index (χ2v) is 4.87. The van der Waals surface area contributed by atoms with Gasteiger partial charge in [0.25, 0.3) is 5.91 Å². The highest BCUT2D eigenvalue weighted by molar-refractivity contribution is 6.22. The van der Waals surface area contributed by atoms with Gasteiger partial charge in [-0.05, 0) is 25.5 Å². The van der Waals surface area contributed by atoms with E-state index in [1.165, 1.54) is 13.0 Å². The van der Waals surface area contributed by atoms with Gasteiger partial charge < -0.3 is 5.32 Å². The Bertz CT molecular complexity index is 462. The molecule has 100 valence electrons. The highest BCUT2D eigenvalue weighted by Crippen LogP contribution is 2.18. The van der Waals surface area contributed by atoms with Gasteiger partial charge in [0.1, 0.15) is 17.2 Å². The third kappa shape index (κ3) is 3.12. The second kappa shape index (κ2) is 5.85. The second-order valence-electron chi connectivity index (χ2n) is 4.34. The summed E-state index contributed by atoms with van der Waals surface area (Å²) in [4.78, 5) is 11.9. The molecule has 0 saturated heterocycles. The van der Waals surface area contributed by atoms with Crippen LogP contribution in [0.4, 0.5) is 8.78 Å². The van der Waals surface area contributed by atoms with E-state index in [9.17, 15) is 13.6 Å². The van der Waals surface area contributed by atoms with Crippen molar-refractivity contribution in [3.05, 3.63) is 34.9 Å². The normalized spacial score (nSPS) is 11.4. The Balaban J connectivity index is 3.09. The standard InChI is InChI=1S/C12H13Cl2F2NO/c1-7-3-4-8(15)9(10(7)16)11(18)17-12(2,5-13)6-14/h3-4H,5-6H2,1-2H3,(H,17,18). The summed E-state index contributed by atoms with van der Waals surface area (Å²) in [7, 11) is 0. The minimum absolute atomic E-state index is 0.0390. The quantitative estimate of drug-likeness (QED) is 0.849. The van der Waals surface area contributed by atoms with Crippen LogP contribution in [-0.2, 0) is 0 Å². The Morgan fingerprint density at radius 3 is 2.39 bits per heavy atom. The predicted molar refractivity (Wildman–Crippen MR) is 68.4 cm³/mol. The zero-order chi connectivity index (χ0) is 13.9. The first-order valence-electron chi connectivity index (χ1n) is 5.23. The highest BCUT2D eigenvalue weighted by atomic mass is 35.5. The number of carbonyl (C=O) groups is 1. The van der Waals surface area contributed by atoms with Crippen molar-refractivity contribution in [3.63, 3.8) is 0 Å². The zero-order valence-electron chi connectivity index (χ0n) is 9.99. The van der Waals surface area contributed by atoms with E-state index < -0.39 is 28.6 Å². The van der Waals surface area contributed by atoms with Gasteiger partial charge in [0, 0.05) is 11.8 Å². The smallest absolute Gasteiger partial charge is 0.257 e. The minimum Gasteiger partial charge on any atom is -0.344 e. The molecule has 0 aliphatic rings. The molecule has 0 spiro atoms. The van der Waals surface area contributed by atoms with Crippen LogP contribution in [0.25, 0.3) is 0 Å². The molecule has 0 aliphatic carbocycles. The summed E-state index contributed by atoms with van der Waals surface area (Å²) < 4.78 is 27.2. The third-order valence-corrected chi connectivity index (χ3v) is 3.70. The van der Waals surface area contributed by atoms with Crippen LogP contribution >= 0.6 is 23.2 Å². The molecule has 1 N–H and O–H groups in total. The summed E-state index contributed by atoms with van der Waals surface area (Å²) in [5.74, 6) is -2.58. The predicted octanol–water partition coefficient (Wildman–Crippen LogP) is 3.24. The van der Waals surface area contributed by atoms with Crippen molar-refractivity contribution in [1.82, 2.24) is 5.32 Å². The van der Waals surface area contributed by atoms with Crippen LogP contribution in [0, 0.1) is 18.6 Å². The number of aryl methyl sites for hydroxylation is 1. The topological polar surface area (TPSA) is 29.1 Å². The van der Waals surface area contributed by atoms with Crippen LogP contribution in [0.5, 0.6) is 0 Å². The fourth-order valence-electron chi connectivity index (χ4n) is 1.30. The van der Waals surface area contributed by atoms with E-state index in [4.69, 9.17) is 23.2 Å². The molecule has 1 rings (SSSR count). The van der Waals surface area contributed by atoms with E-state index >= 15 is 0 Å². The van der Waals surface area contributed by atoms with E-state index in [1.807, 2.05) is 0 Å². The molecule has 0 heterocycles. The molecule has 1 aromatic rings. The maximum Gasteiger partial charge on any atom is 0.257 e. The number of carbonyl (C=O) groups excluding carboxylic acids is 1. The van der Waals surface area contributed by atoms with Crippen LogP contribution in [0.3, 0.4) is 0 Å². The molecule has 0 unspecified atom stereocenters. The molecular weight excluding hydrogens is 283 g/mol. The van der Waals surface area contributed by atoms with Gasteiger partial charge in [-0.3, -0.25) is 4.79 Å². The van der Waals surface area contributed by atoms with Gasteiger partial charge in [0.05, 0.1) is 5.54 Å². The van der Waals surface area contributed by atoms with Crippen LogP contribution in [0.15, 0.2) is 12.1 Å². The fourth-order valence-corrected chi connectivity index (χ4v) is 1.72. The minimum atomic E-state index is -0.915. The highest BCUT2D eigenvalue weighted by Gasteiger charge is 2.28. The average Bonchev–Trinajstić information content (AvgIpc) is 2.34. The lowest BCUT2D eigenvalue weighted by atomic mass is 10.1. The van der Waals surface area contributed by atoms with E-state index in [0.717, 1.165) is 6.07 Å². The summed E-state index contributed by atoms with van der Waals surface area (Å²) in [6, 6.07) is 2.32. The van der Waals surface area contributed by atoms with Crippen molar-refractivity contribution in [2.24, 2.45) is 0 Å². The van der Waals surface area contributed by atoms with E-state index in [1.54, 1.807) is 6.92 Å².